The third-order valence-corrected chi connectivity index (χ3v) is 4.39. The van der Waals surface area contributed by atoms with Gasteiger partial charge in [0.25, 0.3) is 0 Å². The van der Waals surface area contributed by atoms with E-state index in [1.165, 1.54) is 18.9 Å². The van der Waals surface area contributed by atoms with Gasteiger partial charge < -0.3 is 10.1 Å². The largest absolute Gasteiger partial charge is 0.378 e. The van der Waals surface area contributed by atoms with Crippen LogP contribution in [0, 0.1) is 5.82 Å². The fourth-order valence-corrected chi connectivity index (χ4v) is 2.98. The van der Waals surface area contributed by atoms with E-state index in [1.807, 2.05) is 7.05 Å². The molecule has 0 aliphatic carbocycles. The van der Waals surface area contributed by atoms with Crippen LogP contribution in [0.4, 0.5) is 4.39 Å². The number of benzene rings is 1. The maximum Gasteiger partial charge on any atom is 0.127 e. The van der Waals surface area contributed by atoms with Gasteiger partial charge in [-0.05, 0) is 57.7 Å². The molecule has 4 heteroatoms. The summed E-state index contributed by atoms with van der Waals surface area (Å²) in [7, 11) is 1.92. The van der Waals surface area contributed by atoms with Crippen LogP contribution < -0.4 is 5.32 Å². The van der Waals surface area contributed by atoms with Crippen LogP contribution in [0.2, 0.25) is 5.02 Å². The topological polar surface area (TPSA) is 21.3 Å². The van der Waals surface area contributed by atoms with Crippen molar-refractivity contribution in [1.29, 1.82) is 0 Å². The molecule has 2 unspecified atom stereocenters. The van der Waals surface area contributed by atoms with E-state index in [1.54, 1.807) is 12.1 Å². The fraction of sp³-hybridized carbons (Fsp3) is 0.625. The average molecular weight is 300 g/mol. The molecule has 0 amide bonds. The molecule has 2 rings (SSSR count). The molecular formula is C16H23ClFNO. The van der Waals surface area contributed by atoms with E-state index in [-0.39, 0.29) is 11.9 Å². The predicted molar refractivity (Wildman–Crippen MR) is 80.8 cm³/mol. The highest BCUT2D eigenvalue weighted by molar-refractivity contribution is 6.31. The molecule has 0 aromatic heterocycles. The molecule has 1 fully saturated rings. The summed E-state index contributed by atoms with van der Waals surface area (Å²) in [6.07, 6.45) is 6.58. The Labute approximate surface area is 125 Å². The molecule has 1 aliphatic rings. The van der Waals surface area contributed by atoms with Crippen molar-refractivity contribution in [3.63, 3.8) is 0 Å². The number of ether oxygens (including phenoxy) is 1. The van der Waals surface area contributed by atoms with Gasteiger partial charge in [-0.25, -0.2) is 4.39 Å². The summed E-state index contributed by atoms with van der Waals surface area (Å²) >= 11 is 6.09. The van der Waals surface area contributed by atoms with E-state index in [4.69, 9.17) is 16.3 Å². The van der Waals surface area contributed by atoms with Crippen LogP contribution >= 0.6 is 11.6 Å². The van der Waals surface area contributed by atoms with Gasteiger partial charge in [-0.2, -0.15) is 0 Å². The van der Waals surface area contributed by atoms with Gasteiger partial charge in [0.15, 0.2) is 0 Å². The van der Waals surface area contributed by atoms with Crippen molar-refractivity contribution < 1.29 is 9.13 Å². The van der Waals surface area contributed by atoms with E-state index in [0.29, 0.717) is 23.1 Å². The summed E-state index contributed by atoms with van der Waals surface area (Å²) in [5, 5.41) is 3.78. The molecule has 1 saturated heterocycles. The number of halogens is 2. The van der Waals surface area contributed by atoms with E-state index in [9.17, 15) is 4.39 Å². The first kappa shape index (κ1) is 15.7. The lowest BCUT2D eigenvalue weighted by molar-refractivity contribution is 0.00869. The van der Waals surface area contributed by atoms with Crippen molar-refractivity contribution in [3.05, 3.63) is 34.6 Å². The van der Waals surface area contributed by atoms with E-state index in [2.05, 4.69) is 5.32 Å². The number of nitrogens with one attached hydrogen (secondary N) is 1. The molecule has 0 bridgehead atoms. The van der Waals surface area contributed by atoms with E-state index in [0.717, 1.165) is 25.9 Å². The Hall–Kier alpha value is -0.640. The lowest BCUT2D eigenvalue weighted by Crippen LogP contribution is -2.30. The fourth-order valence-electron chi connectivity index (χ4n) is 2.74. The average Bonchev–Trinajstić information content (AvgIpc) is 2.47. The van der Waals surface area contributed by atoms with Gasteiger partial charge in [-0.15, -0.1) is 0 Å². The smallest absolute Gasteiger partial charge is 0.127 e. The van der Waals surface area contributed by atoms with Crippen LogP contribution in [-0.4, -0.2) is 25.8 Å². The monoisotopic (exact) mass is 299 g/mol. The van der Waals surface area contributed by atoms with Crippen molar-refractivity contribution >= 4 is 11.6 Å². The molecule has 1 aromatic rings. The quantitative estimate of drug-likeness (QED) is 0.858. The van der Waals surface area contributed by atoms with Crippen molar-refractivity contribution in [2.24, 2.45) is 0 Å². The van der Waals surface area contributed by atoms with Gasteiger partial charge >= 0.3 is 0 Å². The minimum Gasteiger partial charge on any atom is -0.378 e. The number of likely N-dealkylation sites (N-methyl/N-ethyl adjacent to an activating group) is 1. The second-order valence-corrected chi connectivity index (χ2v) is 5.86. The summed E-state index contributed by atoms with van der Waals surface area (Å²) in [5.41, 5.74) is 0.609. The molecule has 0 saturated carbocycles. The zero-order valence-corrected chi connectivity index (χ0v) is 12.8. The number of hydrogen-bond donors (Lipinski definition) is 1. The zero-order chi connectivity index (χ0) is 14.4. The highest BCUT2D eigenvalue weighted by Gasteiger charge is 2.18. The molecule has 112 valence electrons. The summed E-state index contributed by atoms with van der Waals surface area (Å²) in [6, 6.07) is 5.09. The van der Waals surface area contributed by atoms with Crippen molar-refractivity contribution in [1.82, 2.24) is 5.32 Å². The molecule has 2 nitrogen and oxygen atoms in total. The first-order valence-electron chi connectivity index (χ1n) is 7.42. The Bertz CT molecular complexity index is 401. The lowest BCUT2D eigenvalue weighted by atomic mass is 9.97. The van der Waals surface area contributed by atoms with Crippen molar-refractivity contribution in [3.8, 4) is 0 Å². The molecule has 1 aliphatic heterocycles. The van der Waals surface area contributed by atoms with Crippen LogP contribution in [0.1, 0.15) is 37.7 Å². The third kappa shape index (κ3) is 4.44. The van der Waals surface area contributed by atoms with Crippen LogP contribution in [0.3, 0.4) is 0 Å². The standard InChI is InChI=1S/C16H23ClFNO/c1-19-12(8-9-13-5-2-3-10-20-13)11-14-15(17)6-4-7-16(14)18/h4,6-7,12-13,19H,2-3,5,8-11H2,1H3. The van der Waals surface area contributed by atoms with Crippen LogP contribution in [0.5, 0.6) is 0 Å². The van der Waals surface area contributed by atoms with E-state index < -0.39 is 0 Å². The van der Waals surface area contributed by atoms with Gasteiger partial charge in [-0.3, -0.25) is 0 Å². The van der Waals surface area contributed by atoms with Gasteiger partial charge in [-0.1, -0.05) is 17.7 Å². The minimum absolute atomic E-state index is 0.216. The Kier molecular flexibility index (Phi) is 6.27. The molecule has 0 spiro atoms. The third-order valence-electron chi connectivity index (χ3n) is 4.03. The zero-order valence-electron chi connectivity index (χ0n) is 12.0. The molecule has 20 heavy (non-hydrogen) atoms. The lowest BCUT2D eigenvalue weighted by Gasteiger charge is -2.25. The van der Waals surface area contributed by atoms with Gasteiger partial charge in [0.05, 0.1) is 6.10 Å². The predicted octanol–water partition coefficient (Wildman–Crippen LogP) is 3.96. The Balaban J connectivity index is 1.88. The number of rotatable bonds is 6. The highest BCUT2D eigenvalue weighted by Crippen LogP contribution is 2.23. The van der Waals surface area contributed by atoms with Gasteiger partial charge in [0.1, 0.15) is 5.82 Å². The first-order chi connectivity index (χ1) is 9.70. The van der Waals surface area contributed by atoms with Crippen LogP contribution in [0.25, 0.3) is 0 Å². The highest BCUT2D eigenvalue weighted by atomic mass is 35.5. The summed E-state index contributed by atoms with van der Waals surface area (Å²) in [6.45, 7) is 0.883. The Morgan fingerprint density at radius 2 is 2.30 bits per heavy atom. The van der Waals surface area contributed by atoms with Crippen LogP contribution in [-0.2, 0) is 11.2 Å². The van der Waals surface area contributed by atoms with Gasteiger partial charge in [0.2, 0.25) is 0 Å². The molecule has 1 heterocycles. The first-order valence-corrected chi connectivity index (χ1v) is 7.80. The molecule has 2 atom stereocenters. The summed E-state index contributed by atoms with van der Waals surface area (Å²) in [4.78, 5) is 0. The maximum atomic E-state index is 13.8. The Morgan fingerprint density at radius 3 is 2.95 bits per heavy atom. The maximum absolute atomic E-state index is 13.8. The Morgan fingerprint density at radius 1 is 1.45 bits per heavy atom. The van der Waals surface area contributed by atoms with Gasteiger partial charge in [0, 0.05) is 23.2 Å². The second kappa shape index (κ2) is 7.96. The summed E-state index contributed by atoms with van der Waals surface area (Å²) < 4.78 is 19.5. The van der Waals surface area contributed by atoms with Crippen LogP contribution in [0.15, 0.2) is 18.2 Å². The molecule has 1 aromatic carbocycles. The van der Waals surface area contributed by atoms with Crippen molar-refractivity contribution in [2.75, 3.05) is 13.7 Å². The minimum atomic E-state index is -0.216. The molecular weight excluding hydrogens is 277 g/mol. The number of hydrogen-bond acceptors (Lipinski definition) is 2. The summed E-state index contributed by atoms with van der Waals surface area (Å²) in [5.74, 6) is -0.216. The SMILES string of the molecule is CNC(CCC1CCCCO1)Cc1c(F)cccc1Cl. The second-order valence-electron chi connectivity index (χ2n) is 5.46. The normalized spacial score (nSPS) is 20.9. The van der Waals surface area contributed by atoms with Crippen molar-refractivity contribution in [2.45, 2.75) is 50.7 Å². The van der Waals surface area contributed by atoms with E-state index >= 15 is 0 Å². The molecule has 0 radical (unpaired) electrons. The molecule has 1 N–H and O–H groups in total.